The quantitative estimate of drug-likeness (QED) is 0.787. The van der Waals surface area contributed by atoms with Crippen LogP contribution in [-0.4, -0.2) is 36.4 Å². The van der Waals surface area contributed by atoms with Crippen LogP contribution in [-0.2, 0) is 4.79 Å². The minimum absolute atomic E-state index is 0.0383. The van der Waals surface area contributed by atoms with Crippen LogP contribution in [0.4, 0.5) is 0 Å². The number of ketones is 1. The van der Waals surface area contributed by atoms with Crippen molar-refractivity contribution in [3.05, 3.63) is 29.8 Å². The van der Waals surface area contributed by atoms with E-state index in [2.05, 4.69) is 16.7 Å². The first kappa shape index (κ1) is 13.2. The molecule has 0 N–H and O–H groups in total. The third-order valence-corrected chi connectivity index (χ3v) is 4.06. The van der Waals surface area contributed by atoms with Crippen LogP contribution >= 0.6 is 0 Å². The molecule has 0 spiro atoms. The second kappa shape index (κ2) is 5.68. The molecule has 2 aliphatic rings. The fourth-order valence-corrected chi connectivity index (χ4v) is 3.06. The van der Waals surface area contributed by atoms with Gasteiger partial charge in [0.15, 0.2) is 5.78 Å². The van der Waals surface area contributed by atoms with Gasteiger partial charge >= 0.3 is 0 Å². The lowest BCUT2D eigenvalue weighted by molar-refractivity contribution is -0.124. The second-order valence-corrected chi connectivity index (χ2v) is 5.37. The number of Topliss-reactive ketones (excluding diaryl/α,β-unsaturated/α-hetero) is 1. The zero-order valence-electron chi connectivity index (χ0n) is 11.8. The first-order valence-corrected chi connectivity index (χ1v) is 7.27. The molecule has 0 amide bonds. The summed E-state index contributed by atoms with van der Waals surface area (Å²) in [5.74, 6) is 7.83. The second-order valence-electron chi connectivity index (χ2n) is 5.37. The Morgan fingerprint density at radius 2 is 2.35 bits per heavy atom. The van der Waals surface area contributed by atoms with Gasteiger partial charge in [-0.15, -0.1) is 0 Å². The van der Waals surface area contributed by atoms with E-state index >= 15 is 0 Å². The zero-order chi connectivity index (χ0) is 13.9. The molecule has 2 aliphatic heterocycles. The largest absolute Gasteiger partial charge is 0.494 e. The van der Waals surface area contributed by atoms with Gasteiger partial charge in [0, 0.05) is 24.4 Å². The molecule has 3 rings (SSSR count). The maximum absolute atomic E-state index is 12.0. The molecule has 104 valence electrons. The fraction of sp³-hybridized carbons (Fsp3) is 0.471. The Morgan fingerprint density at radius 3 is 3.10 bits per heavy atom. The normalized spacial score (nSPS) is 27.2. The van der Waals surface area contributed by atoms with Crippen LogP contribution in [0.3, 0.4) is 0 Å². The van der Waals surface area contributed by atoms with Crippen LogP contribution in [0.2, 0.25) is 0 Å². The summed E-state index contributed by atoms with van der Waals surface area (Å²) in [6, 6.07) is 7.83. The van der Waals surface area contributed by atoms with E-state index in [4.69, 9.17) is 4.74 Å². The van der Waals surface area contributed by atoms with E-state index in [-0.39, 0.29) is 12.0 Å². The molecule has 1 aromatic rings. The lowest BCUT2D eigenvalue weighted by Crippen LogP contribution is -2.35. The van der Waals surface area contributed by atoms with Crippen molar-refractivity contribution < 1.29 is 9.53 Å². The average Bonchev–Trinajstić information content (AvgIpc) is 3.03. The first-order chi connectivity index (χ1) is 9.78. The Labute approximate surface area is 119 Å². The third kappa shape index (κ3) is 2.57. The summed E-state index contributed by atoms with van der Waals surface area (Å²) in [6.07, 6.45) is 1.69. The Balaban J connectivity index is 1.64. The number of fused-ring (bicyclic) bond motifs is 2. The van der Waals surface area contributed by atoms with Crippen molar-refractivity contribution in [2.24, 2.45) is 5.92 Å². The van der Waals surface area contributed by atoms with E-state index in [9.17, 15) is 4.79 Å². The lowest BCUT2D eigenvalue weighted by atomic mass is 9.97. The highest BCUT2D eigenvalue weighted by Gasteiger charge is 2.44. The van der Waals surface area contributed by atoms with E-state index in [1.54, 1.807) is 0 Å². The minimum atomic E-state index is 0.0383. The van der Waals surface area contributed by atoms with E-state index in [1.165, 1.54) is 0 Å². The molecule has 2 fully saturated rings. The molecule has 3 unspecified atom stereocenters. The number of benzene rings is 1. The summed E-state index contributed by atoms with van der Waals surface area (Å²) < 4.78 is 5.45. The summed E-state index contributed by atoms with van der Waals surface area (Å²) >= 11 is 0. The number of ether oxygens (including phenoxy) is 1. The standard InChI is InChI=1S/C17H19NO2/c1-2-20-15-7-3-5-13(11-15)6-4-8-16-17(19)14-9-10-18(16)12-14/h3,5,7,11,14,16H,2,8-10,12H2,1H3. The molecule has 0 aromatic heterocycles. The van der Waals surface area contributed by atoms with Gasteiger partial charge in [-0.3, -0.25) is 9.69 Å². The SMILES string of the molecule is CCOc1cccc(C#CCC2C(=O)C3CCN2C3)c1. The molecule has 3 atom stereocenters. The number of nitrogens with zero attached hydrogens (tertiary/aromatic N) is 1. The van der Waals surface area contributed by atoms with Gasteiger partial charge in [0.25, 0.3) is 0 Å². The Bertz CT molecular complexity index is 570. The predicted octanol–water partition coefficient (Wildman–Crippen LogP) is 2.10. The highest BCUT2D eigenvalue weighted by molar-refractivity contribution is 5.89. The number of hydrogen-bond acceptors (Lipinski definition) is 3. The molecule has 1 aromatic carbocycles. The summed E-state index contributed by atoms with van der Waals surface area (Å²) in [5.41, 5.74) is 0.946. The minimum Gasteiger partial charge on any atom is -0.494 e. The van der Waals surface area contributed by atoms with Crippen molar-refractivity contribution in [2.45, 2.75) is 25.8 Å². The first-order valence-electron chi connectivity index (χ1n) is 7.27. The Kier molecular flexibility index (Phi) is 3.75. The molecule has 20 heavy (non-hydrogen) atoms. The van der Waals surface area contributed by atoms with E-state index < -0.39 is 0 Å². The van der Waals surface area contributed by atoms with Gasteiger partial charge in [0.1, 0.15) is 5.75 Å². The molecule has 0 saturated carbocycles. The number of hydrogen-bond donors (Lipinski definition) is 0. The Morgan fingerprint density at radius 1 is 1.45 bits per heavy atom. The van der Waals surface area contributed by atoms with E-state index in [0.29, 0.717) is 18.8 Å². The van der Waals surface area contributed by atoms with Gasteiger partial charge in [0.05, 0.1) is 12.6 Å². The average molecular weight is 269 g/mol. The van der Waals surface area contributed by atoms with Crippen molar-refractivity contribution in [2.75, 3.05) is 19.7 Å². The van der Waals surface area contributed by atoms with Gasteiger partial charge in [-0.2, -0.15) is 0 Å². The van der Waals surface area contributed by atoms with Gasteiger partial charge in [-0.25, -0.2) is 0 Å². The van der Waals surface area contributed by atoms with Gasteiger partial charge < -0.3 is 4.74 Å². The van der Waals surface area contributed by atoms with Gasteiger partial charge in [0.2, 0.25) is 0 Å². The summed E-state index contributed by atoms with van der Waals surface area (Å²) in [5, 5.41) is 0. The predicted molar refractivity (Wildman–Crippen MR) is 77.6 cm³/mol. The lowest BCUT2D eigenvalue weighted by Gasteiger charge is -2.21. The third-order valence-electron chi connectivity index (χ3n) is 4.06. The van der Waals surface area contributed by atoms with Crippen molar-refractivity contribution in [3.8, 4) is 17.6 Å². The molecule has 0 radical (unpaired) electrons. The van der Waals surface area contributed by atoms with Crippen molar-refractivity contribution >= 4 is 5.78 Å². The van der Waals surface area contributed by atoms with E-state index in [1.807, 2.05) is 31.2 Å². The highest BCUT2D eigenvalue weighted by Crippen LogP contribution is 2.31. The van der Waals surface area contributed by atoms with Crippen LogP contribution in [0.1, 0.15) is 25.3 Å². The van der Waals surface area contributed by atoms with Crippen LogP contribution < -0.4 is 4.74 Å². The van der Waals surface area contributed by atoms with Crippen LogP contribution in [0.5, 0.6) is 5.75 Å². The zero-order valence-corrected chi connectivity index (χ0v) is 11.8. The number of carbonyl (C=O) groups excluding carboxylic acids is 1. The topological polar surface area (TPSA) is 29.5 Å². The van der Waals surface area contributed by atoms with Crippen LogP contribution in [0, 0.1) is 17.8 Å². The maximum atomic E-state index is 12.0. The number of rotatable bonds is 3. The summed E-state index contributed by atoms with van der Waals surface area (Å²) in [6.45, 7) is 4.63. The monoisotopic (exact) mass is 269 g/mol. The van der Waals surface area contributed by atoms with Crippen molar-refractivity contribution in [1.82, 2.24) is 4.90 Å². The molecular formula is C17H19NO2. The van der Waals surface area contributed by atoms with Crippen molar-refractivity contribution in [1.29, 1.82) is 0 Å². The molecule has 2 heterocycles. The fourth-order valence-electron chi connectivity index (χ4n) is 3.06. The Hall–Kier alpha value is -1.79. The van der Waals surface area contributed by atoms with Crippen LogP contribution in [0.15, 0.2) is 24.3 Å². The summed E-state index contributed by atoms with van der Waals surface area (Å²) in [4.78, 5) is 14.3. The van der Waals surface area contributed by atoms with Crippen molar-refractivity contribution in [3.63, 3.8) is 0 Å². The van der Waals surface area contributed by atoms with Gasteiger partial charge in [-0.05, 0) is 38.1 Å². The molecule has 2 bridgehead atoms. The molecular weight excluding hydrogens is 250 g/mol. The summed E-state index contributed by atoms with van der Waals surface area (Å²) in [7, 11) is 0. The number of carbonyl (C=O) groups is 1. The van der Waals surface area contributed by atoms with Gasteiger partial charge in [-0.1, -0.05) is 17.9 Å². The van der Waals surface area contributed by atoms with E-state index in [0.717, 1.165) is 30.8 Å². The van der Waals surface area contributed by atoms with Crippen LogP contribution in [0.25, 0.3) is 0 Å². The molecule has 0 aliphatic carbocycles. The smallest absolute Gasteiger partial charge is 0.155 e. The molecule has 3 nitrogen and oxygen atoms in total. The maximum Gasteiger partial charge on any atom is 0.155 e. The highest BCUT2D eigenvalue weighted by atomic mass is 16.5. The number of piperidine rings is 1. The molecule has 3 heteroatoms. The molecule has 2 saturated heterocycles.